The van der Waals surface area contributed by atoms with Crippen LogP contribution >= 0.6 is 24.0 Å². The highest BCUT2D eigenvalue weighted by Gasteiger charge is 2.36. The fourth-order valence-electron chi connectivity index (χ4n) is 4.14. The molecule has 36 heavy (non-hydrogen) atoms. The first-order valence-corrected chi connectivity index (χ1v) is 12.9. The number of pyridine rings is 1. The number of piperazine rings is 1. The first kappa shape index (κ1) is 25.8. The Kier molecular flexibility index (Phi) is 7.74. The van der Waals surface area contributed by atoms with Crippen molar-refractivity contribution in [3.8, 4) is 0 Å². The number of nitrogens with one attached hydrogen (secondary N) is 1. The number of thioether (sulfide) groups is 1. The van der Waals surface area contributed by atoms with Gasteiger partial charge in [0.15, 0.2) is 0 Å². The Morgan fingerprint density at radius 1 is 1.33 bits per heavy atom. The van der Waals surface area contributed by atoms with E-state index < -0.39 is 12.0 Å². The van der Waals surface area contributed by atoms with E-state index in [0.29, 0.717) is 34.5 Å². The topological polar surface area (TPSA) is 113 Å². The van der Waals surface area contributed by atoms with E-state index in [-0.39, 0.29) is 35.2 Å². The summed E-state index contributed by atoms with van der Waals surface area (Å²) in [6, 6.07) is 2.63. The number of aryl methyl sites for hydroxylation is 1. The van der Waals surface area contributed by atoms with Gasteiger partial charge in [0.05, 0.1) is 24.0 Å². The largest absolute Gasteiger partial charge is 0.469 e. The zero-order valence-electron chi connectivity index (χ0n) is 20.3. The average molecular weight is 530 g/mol. The van der Waals surface area contributed by atoms with Crippen LogP contribution in [0, 0.1) is 6.92 Å². The molecule has 12 heteroatoms. The van der Waals surface area contributed by atoms with E-state index >= 15 is 0 Å². The van der Waals surface area contributed by atoms with Gasteiger partial charge in [0, 0.05) is 25.8 Å². The molecule has 0 aliphatic carbocycles. The minimum atomic E-state index is -0.919. The number of hydrogen-bond donors (Lipinski definition) is 1. The predicted octanol–water partition coefficient (Wildman–Crippen LogP) is 1.87. The number of nitrogens with zero attached hydrogens (tertiary/aromatic N) is 4. The second-order valence-electron chi connectivity index (χ2n) is 8.56. The van der Waals surface area contributed by atoms with Gasteiger partial charge in [-0.15, -0.1) is 0 Å². The van der Waals surface area contributed by atoms with E-state index in [1.165, 1.54) is 17.6 Å². The normalized spacial score (nSPS) is 19.4. The standard InChI is InChI=1S/C24H27N5O5S2/c1-4-5-9-28-23(33)17(36-24(28)35)11-15-20(26-18-7-6-14(2)13-29(18)22(15)32)27-10-8-25-21(31)16(27)12-19(30)34-3/h6-7,11,13,16H,4-5,8-10,12H2,1-3H3,(H,25,31)/b17-11-/t16-/m1/s1. The third kappa shape index (κ3) is 5.00. The monoisotopic (exact) mass is 529 g/mol. The molecule has 2 fully saturated rings. The third-order valence-corrected chi connectivity index (χ3v) is 7.44. The van der Waals surface area contributed by atoms with Gasteiger partial charge >= 0.3 is 5.97 Å². The fraction of sp³-hybridized carbons (Fsp3) is 0.417. The summed E-state index contributed by atoms with van der Waals surface area (Å²) in [4.78, 5) is 59.9. The number of hydrogen-bond acceptors (Lipinski definition) is 9. The van der Waals surface area contributed by atoms with Crippen LogP contribution in [0.4, 0.5) is 5.82 Å². The minimum Gasteiger partial charge on any atom is -0.469 e. The first-order valence-electron chi connectivity index (χ1n) is 11.6. The number of anilines is 1. The van der Waals surface area contributed by atoms with Crippen LogP contribution in [0.2, 0.25) is 0 Å². The van der Waals surface area contributed by atoms with E-state index in [0.717, 1.165) is 30.2 Å². The van der Waals surface area contributed by atoms with Crippen LogP contribution < -0.4 is 15.8 Å². The highest BCUT2D eigenvalue weighted by molar-refractivity contribution is 8.26. The molecule has 2 aliphatic rings. The number of carbonyl (C=O) groups is 3. The van der Waals surface area contributed by atoms with Crippen molar-refractivity contribution in [1.82, 2.24) is 19.6 Å². The quantitative estimate of drug-likeness (QED) is 0.326. The molecule has 0 unspecified atom stereocenters. The number of amides is 2. The van der Waals surface area contributed by atoms with Gasteiger partial charge in [0.25, 0.3) is 11.5 Å². The Hall–Kier alpha value is -3.25. The molecular weight excluding hydrogens is 502 g/mol. The van der Waals surface area contributed by atoms with Crippen LogP contribution in [0.25, 0.3) is 11.7 Å². The maximum atomic E-state index is 13.7. The van der Waals surface area contributed by atoms with Gasteiger partial charge in [0.1, 0.15) is 21.8 Å². The lowest BCUT2D eigenvalue weighted by atomic mass is 10.1. The molecule has 0 spiro atoms. The summed E-state index contributed by atoms with van der Waals surface area (Å²) in [5.74, 6) is -0.963. The molecule has 4 rings (SSSR count). The van der Waals surface area contributed by atoms with E-state index in [4.69, 9.17) is 21.9 Å². The lowest BCUT2D eigenvalue weighted by Gasteiger charge is -2.36. The Balaban J connectivity index is 1.88. The van der Waals surface area contributed by atoms with Crippen molar-refractivity contribution in [1.29, 1.82) is 0 Å². The molecule has 2 aliphatic heterocycles. The first-order chi connectivity index (χ1) is 17.2. The SMILES string of the molecule is CCCCN1C(=O)/C(=C/c2c(N3CCNC(=O)[C@H]3CC(=O)OC)nc3ccc(C)cn3c2=O)SC1=S. The van der Waals surface area contributed by atoms with Crippen molar-refractivity contribution in [2.75, 3.05) is 31.6 Å². The number of ether oxygens (including phenoxy) is 1. The maximum Gasteiger partial charge on any atom is 0.308 e. The molecule has 2 aromatic rings. The van der Waals surface area contributed by atoms with Crippen molar-refractivity contribution < 1.29 is 19.1 Å². The minimum absolute atomic E-state index is 0.152. The van der Waals surface area contributed by atoms with Gasteiger partial charge < -0.3 is 15.0 Å². The molecule has 2 amide bonds. The predicted molar refractivity (Wildman–Crippen MR) is 142 cm³/mol. The lowest BCUT2D eigenvalue weighted by molar-refractivity contribution is -0.143. The van der Waals surface area contributed by atoms with Gasteiger partial charge in [-0.2, -0.15) is 0 Å². The van der Waals surface area contributed by atoms with Gasteiger partial charge in [-0.25, -0.2) is 4.98 Å². The third-order valence-electron chi connectivity index (χ3n) is 6.06. The molecule has 0 aromatic carbocycles. The zero-order chi connectivity index (χ0) is 26.0. The summed E-state index contributed by atoms with van der Waals surface area (Å²) in [7, 11) is 1.25. The number of rotatable bonds is 7. The number of methoxy groups -OCH3 is 1. The fourth-order valence-corrected chi connectivity index (χ4v) is 5.44. The number of carbonyl (C=O) groups excluding carboxylic acids is 3. The molecule has 4 heterocycles. The van der Waals surface area contributed by atoms with Crippen molar-refractivity contribution in [3.05, 3.63) is 44.7 Å². The summed E-state index contributed by atoms with van der Waals surface area (Å²) in [6.07, 6.45) is 4.69. The van der Waals surface area contributed by atoms with Crippen molar-refractivity contribution in [3.63, 3.8) is 0 Å². The van der Waals surface area contributed by atoms with Crippen LogP contribution in [0.1, 0.15) is 37.3 Å². The average Bonchev–Trinajstić information content (AvgIpc) is 3.12. The van der Waals surface area contributed by atoms with E-state index in [2.05, 4.69) is 5.32 Å². The molecule has 0 bridgehead atoms. The Morgan fingerprint density at radius 2 is 2.11 bits per heavy atom. The van der Waals surface area contributed by atoms with Crippen LogP contribution in [-0.2, 0) is 19.1 Å². The Bertz CT molecular complexity index is 1340. The smallest absolute Gasteiger partial charge is 0.308 e. The molecule has 0 saturated carbocycles. The molecule has 0 radical (unpaired) electrons. The number of fused-ring (bicyclic) bond motifs is 1. The zero-order valence-corrected chi connectivity index (χ0v) is 21.9. The number of aromatic nitrogens is 2. The number of thiocarbonyl (C=S) groups is 1. The molecule has 2 saturated heterocycles. The Morgan fingerprint density at radius 3 is 2.83 bits per heavy atom. The van der Waals surface area contributed by atoms with E-state index in [9.17, 15) is 19.2 Å². The summed E-state index contributed by atoms with van der Waals surface area (Å²) < 4.78 is 6.64. The van der Waals surface area contributed by atoms with Crippen molar-refractivity contribution in [2.24, 2.45) is 0 Å². The molecule has 10 nitrogen and oxygen atoms in total. The lowest BCUT2D eigenvalue weighted by Crippen LogP contribution is -2.57. The van der Waals surface area contributed by atoms with Gasteiger partial charge in [0.2, 0.25) is 5.91 Å². The maximum absolute atomic E-state index is 13.7. The molecule has 1 N–H and O–H groups in total. The van der Waals surface area contributed by atoms with E-state index in [1.54, 1.807) is 22.1 Å². The van der Waals surface area contributed by atoms with E-state index in [1.807, 2.05) is 19.9 Å². The van der Waals surface area contributed by atoms with Crippen LogP contribution in [0.3, 0.4) is 0 Å². The summed E-state index contributed by atoms with van der Waals surface area (Å²) in [5, 5.41) is 2.75. The molecule has 190 valence electrons. The number of esters is 1. The second-order valence-corrected chi connectivity index (χ2v) is 10.2. The summed E-state index contributed by atoms with van der Waals surface area (Å²) in [5.41, 5.74) is 1.01. The van der Waals surface area contributed by atoms with Crippen LogP contribution in [0.5, 0.6) is 0 Å². The van der Waals surface area contributed by atoms with Crippen LogP contribution in [-0.4, -0.2) is 69.2 Å². The highest BCUT2D eigenvalue weighted by Crippen LogP contribution is 2.34. The van der Waals surface area contributed by atoms with Crippen molar-refractivity contribution in [2.45, 2.75) is 39.2 Å². The highest BCUT2D eigenvalue weighted by atomic mass is 32.2. The Labute approximate surface area is 217 Å². The van der Waals surface area contributed by atoms with Crippen molar-refractivity contribution >= 4 is 63.6 Å². The van der Waals surface area contributed by atoms with Gasteiger partial charge in [-0.3, -0.25) is 28.5 Å². The van der Waals surface area contributed by atoms with Crippen LogP contribution in [0.15, 0.2) is 28.0 Å². The second kappa shape index (κ2) is 10.8. The summed E-state index contributed by atoms with van der Waals surface area (Å²) >= 11 is 6.55. The summed E-state index contributed by atoms with van der Waals surface area (Å²) in [6.45, 7) is 5.03. The molecule has 1 atom stereocenters. The number of unbranched alkanes of at least 4 members (excludes halogenated alkanes) is 1. The molecule has 2 aromatic heterocycles. The van der Waals surface area contributed by atoms with Gasteiger partial charge in [-0.1, -0.05) is 43.4 Å². The van der Waals surface area contributed by atoms with Gasteiger partial charge in [-0.05, 0) is 31.1 Å². The molecular formula is C24H27N5O5S2.